The molecule has 0 aliphatic carbocycles. The van der Waals surface area contributed by atoms with Crippen LogP contribution >= 0.6 is 0 Å². The normalized spacial score (nSPS) is 13.2. The van der Waals surface area contributed by atoms with Crippen molar-refractivity contribution >= 4 is 17.8 Å². The second-order valence-electron chi connectivity index (χ2n) is 4.29. The number of hydroxylamine groups is 2. The van der Waals surface area contributed by atoms with E-state index in [1.165, 1.54) is 30.7 Å². The third-order valence-corrected chi connectivity index (χ3v) is 2.89. The molecule has 0 spiro atoms. The highest BCUT2D eigenvalue weighted by Gasteiger charge is 2.38. The molecule has 1 aliphatic rings. The first-order chi connectivity index (χ1) is 10.2. The highest BCUT2D eigenvalue weighted by molar-refractivity contribution is 6.20. The minimum atomic E-state index is -0.759. The lowest BCUT2D eigenvalue weighted by atomic mass is 10.1. The average molecular weight is 283 g/mol. The van der Waals surface area contributed by atoms with Crippen molar-refractivity contribution in [1.29, 1.82) is 0 Å². The van der Waals surface area contributed by atoms with Gasteiger partial charge in [-0.05, 0) is 12.1 Å². The van der Waals surface area contributed by atoms with Crippen molar-refractivity contribution in [3.63, 3.8) is 0 Å². The van der Waals surface area contributed by atoms with Gasteiger partial charge >= 0.3 is 5.97 Å². The van der Waals surface area contributed by atoms with Crippen molar-refractivity contribution in [3.05, 3.63) is 59.7 Å². The maximum absolute atomic E-state index is 12.0. The van der Waals surface area contributed by atoms with Gasteiger partial charge in [0.25, 0.3) is 11.8 Å². The predicted octanol–water partition coefficient (Wildman–Crippen LogP) is 0.774. The lowest BCUT2D eigenvalue weighted by Crippen LogP contribution is -2.33. The van der Waals surface area contributed by atoms with Gasteiger partial charge in [-0.1, -0.05) is 17.2 Å². The maximum Gasteiger partial charge on any atom is 0.339 e. The monoisotopic (exact) mass is 283 g/mol. The molecule has 0 fully saturated rings. The van der Waals surface area contributed by atoms with E-state index in [9.17, 15) is 14.4 Å². The van der Waals surface area contributed by atoms with Crippen molar-refractivity contribution in [2.24, 2.45) is 0 Å². The van der Waals surface area contributed by atoms with Gasteiger partial charge in [-0.15, -0.1) is 0 Å². The van der Waals surface area contributed by atoms with Gasteiger partial charge in [-0.25, -0.2) is 4.79 Å². The van der Waals surface area contributed by atoms with Crippen LogP contribution in [0.2, 0.25) is 0 Å². The summed E-state index contributed by atoms with van der Waals surface area (Å²) >= 11 is 0. The van der Waals surface area contributed by atoms with Gasteiger partial charge in [0.1, 0.15) is 0 Å². The van der Waals surface area contributed by atoms with E-state index in [-0.39, 0.29) is 17.5 Å². The number of hydrogen-bond acceptors (Lipinski definition) is 6. The van der Waals surface area contributed by atoms with Crippen molar-refractivity contribution < 1.29 is 19.2 Å². The van der Waals surface area contributed by atoms with Crippen LogP contribution in [0.4, 0.5) is 0 Å². The van der Waals surface area contributed by atoms with E-state index < -0.39 is 17.8 Å². The van der Waals surface area contributed by atoms with Crippen molar-refractivity contribution in [2.45, 2.75) is 6.42 Å². The minimum absolute atomic E-state index is 0.179. The fraction of sp³-hybridized carbons (Fsp3) is 0.0714. The Kier molecular flexibility index (Phi) is 3.15. The first-order valence-corrected chi connectivity index (χ1v) is 6.10. The van der Waals surface area contributed by atoms with Crippen LogP contribution in [-0.2, 0) is 16.1 Å². The summed E-state index contributed by atoms with van der Waals surface area (Å²) in [5.41, 5.74) is 0.823. The number of rotatable bonds is 3. The topological polar surface area (TPSA) is 89.5 Å². The molecule has 0 unspecified atom stereocenters. The molecule has 0 atom stereocenters. The second kappa shape index (κ2) is 5.12. The quantitative estimate of drug-likeness (QED) is 0.773. The zero-order valence-corrected chi connectivity index (χ0v) is 10.7. The number of carbonyl (C=O) groups is 3. The molecule has 21 heavy (non-hydrogen) atoms. The first kappa shape index (κ1) is 12.9. The Hall–Kier alpha value is -3.09. The summed E-state index contributed by atoms with van der Waals surface area (Å²) in [7, 11) is 0. The molecular formula is C14H9N3O4. The lowest BCUT2D eigenvalue weighted by molar-refractivity contribution is -0.167. The summed E-state index contributed by atoms with van der Waals surface area (Å²) in [6, 6.07) is 6.28. The zero-order valence-electron chi connectivity index (χ0n) is 10.7. The molecular weight excluding hydrogens is 274 g/mol. The fourth-order valence-electron chi connectivity index (χ4n) is 1.95. The van der Waals surface area contributed by atoms with Crippen LogP contribution in [-0.4, -0.2) is 32.8 Å². The van der Waals surface area contributed by atoms with Crippen LogP contribution in [0.3, 0.4) is 0 Å². The number of carbonyl (C=O) groups excluding carboxylic acids is 3. The second-order valence-corrected chi connectivity index (χ2v) is 4.29. The fourth-order valence-corrected chi connectivity index (χ4v) is 1.95. The largest absolute Gasteiger partial charge is 0.339 e. The van der Waals surface area contributed by atoms with Crippen molar-refractivity contribution in [3.8, 4) is 0 Å². The van der Waals surface area contributed by atoms with Crippen LogP contribution in [0.5, 0.6) is 0 Å². The molecule has 1 aromatic carbocycles. The van der Waals surface area contributed by atoms with Crippen LogP contribution in [0.25, 0.3) is 0 Å². The number of fused-ring (bicyclic) bond motifs is 1. The van der Waals surface area contributed by atoms with E-state index in [1.54, 1.807) is 12.1 Å². The van der Waals surface area contributed by atoms with Gasteiger partial charge in [0.2, 0.25) is 0 Å². The molecule has 0 bridgehead atoms. The number of nitrogens with zero attached hydrogens (tertiary/aromatic N) is 3. The van der Waals surface area contributed by atoms with Gasteiger partial charge in [-0.3, -0.25) is 19.6 Å². The summed E-state index contributed by atoms with van der Waals surface area (Å²) in [6.07, 6.45) is 4.13. The molecule has 7 nitrogen and oxygen atoms in total. The number of hydrogen-bond donors (Lipinski definition) is 0. The Morgan fingerprint density at radius 1 is 1.10 bits per heavy atom. The summed E-state index contributed by atoms with van der Waals surface area (Å²) in [5, 5.41) is 0.476. The van der Waals surface area contributed by atoms with E-state index in [4.69, 9.17) is 4.84 Å². The van der Waals surface area contributed by atoms with Crippen LogP contribution < -0.4 is 0 Å². The third kappa shape index (κ3) is 2.36. The Balaban J connectivity index is 1.73. The van der Waals surface area contributed by atoms with Gasteiger partial charge in [0.15, 0.2) is 0 Å². The molecule has 2 aromatic rings. The van der Waals surface area contributed by atoms with Gasteiger partial charge < -0.3 is 4.84 Å². The smallest absolute Gasteiger partial charge is 0.329 e. The molecule has 3 rings (SSSR count). The van der Waals surface area contributed by atoms with Crippen LogP contribution in [0, 0.1) is 0 Å². The molecule has 0 saturated heterocycles. The maximum atomic E-state index is 12.0. The molecule has 0 saturated carbocycles. The van der Waals surface area contributed by atoms with Crippen molar-refractivity contribution in [2.75, 3.05) is 0 Å². The third-order valence-electron chi connectivity index (χ3n) is 2.89. The first-order valence-electron chi connectivity index (χ1n) is 6.10. The van der Waals surface area contributed by atoms with Crippen LogP contribution in [0.15, 0.2) is 42.9 Å². The molecule has 2 amide bonds. The summed E-state index contributed by atoms with van der Waals surface area (Å²) in [4.78, 5) is 48.3. The Morgan fingerprint density at radius 2 is 1.76 bits per heavy atom. The molecule has 1 aliphatic heterocycles. The van der Waals surface area contributed by atoms with Gasteiger partial charge in [0.05, 0.1) is 23.2 Å². The average Bonchev–Trinajstić information content (AvgIpc) is 2.74. The lowest BCUT2D eigenvalue weighted by Gasteiger charge is -2.12. The van der Waals surface area contributed by atoms with Crippen molar-refractivity contribution in [1.82, 2.24) is 15.0 Å². The highest BCUT2D eigenvalue weighted by atomic mass is 16.7. The molecule has 1 aromatic heterocycles. The SMILES string of the molecule is O=C(Cc1cnccn1)ON1C(=O)c2ccccc2C1=O. The Bertz CT molecular complexity index is 695. The number of benzene rings is 1. The Labute approximate surface area is 119 Å². The number of imide groups is 1. The predicted molar refractivity (Wildman–Crippen MR) is 68.8 cm³/mol. The van der Waals surface area contributed by atoms with E-state index in [0.29, 0.717) is 10.8 Å². The minimum Gasteiger partial charge on any atom is -0.329 e. The molecule has 0 radical (unpaired) electrons. The van der Waals surface area contributed by atoms with E-state index in [2.05, 4.69) is 9.97 Å². The highest BCUT2D eigenvalue weighted by Crippen LogP contribution is 2.22. The van der Waals surface area contributed by atoms with Crippen LogP contribution in [0.1, 0.15) is 26.4 Å². The van der Waals surface area contributed by atoms with E-state index in [0.717, 1.165) is 0 Å². The Morgan fingerprint density at radius 3 is 2.33 bits per heavy atom. The summed E-state index contributed by atoms with van der Waals surface area (Å²) < 4.78 is 0. The van der Waals surface area contributed by atoms with E-state index in [1.807, 2.05) is 0 Å². The number of amides is 2. The van der Waals surface area contributed by atoms with E-state index >= 15 is 0 Å². The number of aromatic nitrogens is 2. The van der Waals surface area contributed by atoms with Gasteiger partial charge in [0, 0.05) is 18.6 Å². The standard InChI is InChI=1S/C14H9N3O4/c18-12(7-9-8-15-5-6-16-9)21-17-13(19)10-3-1-2-4-11(10)14(17)20/h1-6,8H,7H2. The molecule has 0 N–H and O–H groups in total. The molecule has 7 heteroatoms. The summed E-state index contributed by atoms with van der Waals surface area (Å²) in [6.45, 7) is 0. The molecule has 104 valence electrons. The summed E-state index contributed by atoms with van der Waals surface area (Å²) in [5.74, 6) is -2.06. The zero-order chi connectivity index (χ0) is 14.8. The molecule has 2 heterocycles. The van der Waals surface area contributed by atoms with Gasteiger partial charge in [-0.2, -0.15) is 0 Å².